The van der Waals surface area contributed by atoms with Gasteiger partial charge in [0.2, 0.25) is 5.78 Å². The van der Waals surface area contributed by atoms with Crippen LogP contribution in [0.2, 0.25) is 0 Å². The van der Waals surface area contributed by atoms with Gasteiger partial charge in [-0.1, -0.05) is 24.3 Å². The minimum Gasteiger partial charge on any atom is -0.495 e. The number of Topliss-reactive ketones (excluding diaryl/α,β-unsaturated/α-hetero) is 1. The van der Waals surface area contributed by atoms with E-state index in [1.54, 1.807) is 47.0 Å². The van der Waals surface area contributed by atoms with E-state index < -0.39 is 0 Å². The molecule has 0 amide bonds. The smallest absolute Gasteiger partial charge is 0.211 e. The summed E-state index contributed by atoms with van der Waals surface area (Å²) in [6, 6.07) is 10.1. The van der Waals surface area contributed by atoms with Crippen LogP contribution in [-0.4, -0.2) is 28.9 Å². The zero-order valence-electron chi connectivity index (χ0n) is 13.1. The number of ether oxygens (including phenoxy) is 1. The summed E-state index contributed by atoms with van der Waals surface area (Å²) in [4.78, 5) is 38.1. The number of nitrogens with zero attached hydrogens (tertiary/aromatic N) is 1. The van der Waals surface area contributed by atoms with Crippen LogP contribution in [0.3, 0.4) is 0 Å². The summed E-state index contributed by atoms with van der Waals surface area (Å²) in [7, 11) is 1.52. The van der Waals surface area contributed by atoms with Gasteiger partial charge in [-0.05, 0) is 19.1 Å². The fourth-order valence-corrected chi connectivity index (χ4v) is 3.30. The maximum Gasteiger partial charge on any atom is 0.211 e. The summed E-state index contributed by atoms with van der Waals surface area (Å²) < 4.78 is 6.80. The molecule has 1 aliphatic carbocycles. The van der Waals surface area contributed by atoms with Crippen LogP contribution in [0.1, 0.15) is 49.3 Å². The number of methoxy groups -OCH3 is 1. The van der Waals surface area contributed by atoms with E-state index in [0.29, 0.717) is 22.4 Å². The number of hydrogen-bond donors (Lipinski definition) is 0. The molecule has 1 aliphatic rings. The fraction of sp³-hybridized carbons (Fsp3) is 0.105. The highest BCUT2D eigenvalue weighted by Gasteiger charge is 2.36. The molecule has 3 aromatic rings. The molecule has 4 rings (SSSR count). The van der Waals surface area contributed by atoms with Crippen molar-refractivity contribution in [3.63, 3.8) is 0 Å². The van der Waals surface area contributed by atoms with Crippen LogP contribution in [0.4, 0.5) is 0 Å². The lowest BCUT2D eigenvalue weighted by Gasteiger charge is -2.15. The maximum atomic E-state index is 13.0. The monoisotopic (exact) mass is 319 g/mol. The van der Waals surface area contributed by atoms with Crippen LogP contribution >= 0.6 is 0 Å². The number of hydrogen-bond acceptors (Lipinski definition) is 4. The van der Waals surface area contributed by atoms with Gasteiger partial charge in [0.05, 0.1) is 30.0 Å². The Balaban J connectivity index is 2.17. The van der Waals surface area contributed by atoms with Crippen molar-refractivity contribution in [2.45, 2.75) is 6.92 Å². The van der Waals surface area contributed by atoms with Gasteiger partial charge in [0.1, 0.15) is 11.4 Å². The van der Waals surface area contributed by atoms with Gasteiger partial charge in [0, 0.05) is 11.1 Å². The number of pyridine rings is 1. The molecule has 118 valence electrons. The van der Waals surface area contributed by atoms with E-state index in [2.05, 4.69) is 0 Å². The molecule has 0 atom stereocenters. The molecule has 5 heteroatoms. The molecule has 0 fully saturated rings. The first-order valence-electron chi connectivity index (χ1n) is 7.46. The van der Waals surface area contributed by atoms with E-state index in [4.69, 9.17) is 4.74 Å². The summed E-state index contributed by atoms with van der Waals surface area (Å²) in [5, 5.41) is 0. The molecule has 1 aromatic carbocycles. The second-order valence-corrected chi connectivity index (χ2v) is 5.68. The van der Waals surface area contributed by atoms with E-state index in [-0.39, 0.29) is 34.2 Å². The molecule has 0 N–H and O–H groups in total. The highest BCUT2D eigenvalue weighted by molar-refractivity contribution is 6.32. The van der Waals surface area contributed by atoms with Gasteiger partial charge in [0.25, 0.3) is 0 Å². The molecule has 0 saturated heterocycles. The molecule has 0 spiro atoms. The Hall–Kier alpha value is -3.21. The number of fused-ring (bicyclic) bond motifs is 4. The third-order valence-corrected chi connectivity index (χ3v) is 4.35. The van der Waals surface area contributed by atoms with Crippen LogP contribution in [0.25, 0.3) is 5.52 Å². The van der Waals surface area contributed by atoms with Crippen molar-refractivity contribution in [1.29, 1.82) is 0 Å². The second-order valence-electron chi connectivity index (χ2n) is 5.68. The quantitative estimate of drug-likeness (QED) is 0.533. The Morgan fingerprint density at radius 2 is 1.67 bits per heavy atom. The Morgan fingerprint density at radius 1 is 1.00 bits per heavy atom. The van der Waals surface area contributed by atoms with Gasteiger partial charge in [-0.25, -0.2) is 0 Å². The predicted octanol–water partition coefficient (Wildman–Crippen LogP) is 2.93. The minimum atomic E-state index is -0.298. The highest BCUT2D eigenvalue weighted by atomic mass is 16.5. The van der Waals surface area contributed by atoms with Gasteiger partial charge in [-0.15, -0.1) is 0 Å². The van der Waals surface area contributed by atoms with Crippen LogP contribution in [0.5, 0.6) is 5.75 Å². The highest BCUT2D eigenvalue weighted by Crippen LogP contribution is 2.34. The third kappa shape index (κ3) is 1.72. The Kier molecular flexibility index (Phi) is 2.93. The average molecular weight is 319 g/mol. The number of carbonyl (C=O) groups is 3. The van der Waals surface area contributed by atoms with Crippen LogP contribution in [0.15, 0.2) is 42.6 Å². The van der Waals surface area contributed by atoms with Gasteiger partial charge in [0.15, 0.2) is 11.6 Å². The third-order valence-electron chi connectivity index (χ3n) is 4.35. The molecular weight excluding hydrogens is 306 g/mol. The number of ketones is 3. The van der Waals surface area contributed by atoms with Crippen molar-refractivity contribution >= 4 is 22.9 Å². The summed E-state index contributed by atoms with van der Waals surface area (Å²) in [6.07, 6.45) is 1.62. The van der Waals surface area contributed by atoms with Crippen molar-refractivity contribution in [2.75, 3.05) is 7.11 Å². The summed E-state index contributed by atoms with van der Waals surface area (Å²) in [5.74, 6) is -0.280. The van der Waals surface area contributed by atoms with Crippen molar-refractivity contribution in [1.82, 2.24) is 4.40 Å². The van der Waals surface area contributed by atoms with E-state index in [9.17, 15) is 14.4 Å². The second kappa shape index (κ2) is 4.89. The van der Waals surface area contributed by atoms with Crippen LogP contribution < -0.4 is 4.74 Å². The van der Waals surface area contributed by atoms with Crippen molar-refractivity contribution < 1.29 is 19.1 Å². The van der Waals surface area contributed by atoms with E-state index in [1.807, 2.05) is 0 Å². The number of benzene rings is 1. The van der Waals surface area contributed by atoms with E-state index in [1.165, 1.54) is 14.0 Å². The SMILES string of the molecule is COc1ccc2c(C(C)=O)c3c(n2c1)C(=O)c1ccccc1C3=O. The van der Waals surface area contributed by atoms with Crippen LogP contribution in [-0.2, 0) is 0 Å². The lowest BCUT2D eigenvalue weighted by molar-refractivity contribution is 0.0967. The lowest BCUT2D eigenvalue weighted by Crippen LogP contribution is -2.22. The molecule has 0 aliphatic heterocycles. The fourth-order valence-electron chi connectivity index (χ4n) is 3.30. The zero-order valence-corrected chi connectivity index (χ0v) is 13.1. The van der Waals surface area contributed by atoms with Crippen molar-refractivity contribution in [3.8, 4) is 5.75 Å². The zero-order chi connectivity index (χ0) is 17.0. The van der Waals surface area contributed by atoms with Gasteiger partial charge >= 0.3 is 0 Å². The predicted molar refractivity (Wildman–Crippen MR) is 87.3 cm³/mol. The summed E-state index contributed by atoms with van der Waals surface area (Å²) in [6.45, 7) is 1.40. The molecule has 2 heterocycles. The number of aromatic nitrogens is 1. The normalized spacial score (nSPS) is 12.9. The molecule has 0 bridgehead atoms. The first-order valence-corrected chi connectivity index (χ1v) is 7.46. The lowest BCUT2D eigenvalue weighted by atomic mass is 9.86. The standard InChI is InChI=1S/C19H13NO4/c1-10(21)15-14-8-7-11(24-2)9-20(14)17-16(15)18(22)12-5-3-4-6-13(12)19(17)23/h3-9H,1-2H3. The summed E-state index contributed by atoms with van der Waals surface area (Å²) >= 11 is 0. The van der Waals surface area contributed by atoms with Crippen molar-refractivity contribution in [3.05, 3.63) is 70.5 Å². The maximum absolute atomic E-state index is 13.0. The molecule has 2 aromatic heterocycles. The molecular formula is C19H13NO4. The number of carbonyl (C=O) groups excluding carboxylic acids is 3. The van der Waals surface area contributed by atoms with E-state index in [0.717, 1.165) is 0 Å². The molecule has 5 nitrogen and oxygen atoms in total. The average Bonchev–Trinajstić information content (AvgIpc) is 2.94. The molecule has 0 radical (unpaired) electrons. The number of rotatable bonds is 2. The largest absolute Gasteiger partial charge is 0.495 e. The Bertz CT molecular complexity index is 1060. The van der Waals surface area contributed by atoms with E-state index >= 15 is 0 Å². The van der Waals surface area contributed by atoms with Gasteiger partial charge in [-0.3, -0.25) is 14.4 Å². The Labute approximate surface area is 137 Å². The summed E-state index contributed by atoms with van der Waals surface area (Å²) in [5.41, 5.74) is 1.90. The molecule has 0 saturated carbocycles. The molecule has 0 unspecified atom stereocenters. The topological polar surface area (TPSA) is 64.8 Å². The first-order chi connectivity index (χ1) is 11.5. The Morgan fingerprint density at radius 3 is 2.29 bits per heavy atom. The van der Waals surface area contributed by atoms with Crippen molar-refractivity contribution in [2.24, 2.45) is 0 Å². The first kappa shape index (κ1) is 14.4. The minimum absolute atomic E-state index is 0.180. The van der Waals surface area contributed by atoms with Gasteiger partial charge < -0.3 is 9.14 Å². The van der Waals surface area contributed by atoms with Crippen LogP contribution in [0, 0.1) is 0 Å². The molecule has 24 heavy (non-hydrogen) atoms. The van der Waals surface area contributed by atoms with Gasteiger partial charge in [-0.2, -0.15) is 0 Å².